The first-order chi connectivity index (χ1) is 16.0. The molecule has 0 aromatic rings. The molecule has 1 rings (SSSR count). The van der Waals surface area contributed by atoms with E-state index in [2.05, 4.69) is 27.7 Å². The molecule has 1 atom stereocenters. The Bertz CT molecular complexity index is 670. The minimum Gasteiger partial charge on any atom is -0.462 e. The normalized spacial score (nSPS) is 16.9. The first-order valence-electron chi connectivity index (χ1n) is 14.1. The smallest absolute Gasteiger partial charge is 0.337 e. The van der Waals surface area contributed by atoms with Gasteiger partial charge in [-0.25, -0.2) is 4.79 Å². The summed E-state index contributed by atoms with van der Waals surface area (Å²) in [6, 6.07) is 0. The Hall–Kier alpha value is -1.38. The van der Waals surface area contributed by atoms with Crippen molar-refractivity contribution in [1.29, 1.82) is 0 Å². The van der Waals surface area contributed by atoms with E-state index in [4.69, 9.17) is 4.74 Å². The summed E-state index contributed by atoms with van der Waals surface area (Å²) in [7, 11) is 0. The van der Waals surface area contributed by atoms with E-state index >= 15 is 0 Å². The molecule has 0 amide bonds. The quantitative estimate of drug-likeness (QED) is 0.165. The molecule has 0 aromatic carbocycles. The van der Waals surface area contributed by atoms with Crippen LogP contribution >= 0.6 is 0 Å². The van der Waals surface area contributed by atoms with E-state index in [0.29, 0.717) is 12.2 Å². The third-order valence-corrected chi connectivity index (χ3v) is 6.90. The summed E-state index contributed by atoms with van der Waals surface area (Å²) in [5, 5.41) is 0. The number of Topliss-reactive ketones (excluding diaryl/α,β-unsaturated/α-hetero) is 1. The Morgan fingerprint density at radius 1 is 0.765 bits per heavy atom. The maximum Gasteiger partial charge on any atom is 0.337 e. The van der Waals surface area contributed by atoms with Crippen molar-refractivity contribution in [1.82, 2.24) is 0 Å². The molecule has 0 bridgehead atoms. The molecule has 0 saturated heterocycles. The number of ketones is 1. The minimum atomic E-state index is -0.297. The van der Waals surface area contributed by atoms with E-state index in [1.54, 1.807) is 6.08 Å². The van der Waals surface area contributed by atoms with Crippen LogP contribution in [0.25, 0.3) is 0 Å². The second-order valence-electron chi connectivity index (χ2n) is 12.4. The highest BCUT2D eigenvalue weighted by Crippen LogP contribution is 2.39. The van der Waals surface area contributed by atoms with Gasteiger partial charge in [0.05, 0.1) is 12.2 Å². The van der Waals surface area contributed by atoms with Crippen molar-refractivity contribution in [3.63, 3.8) is 0 Å². The zero-order valence-electron chi connectivity index (χ0n) is 23.6. The predicted octanol–water partition coefficient (Wildman–Crippen LogP) is 9.15. The number of allylic oxidation sites excluding steroid dienone is 2. The fourth-order valence-corrected chi connectivity index (χ4v) is 4.60. The topological polar surface area (TPSA) is 43.4 Å². The van der Waals surface area contributed by atoms with Crippen molar-refractivity contribution in [2.45, 2.75) is 138 Å². The van der Waals surface area contributed by atoms with Crippen molar-refractivity contribution in [2.24, 2.45) is 16.7 Å². The molecule has 34 heavy (non-hydrogen) atoms. The van der Waals surface area contributed by atoms with Gasteiger partial charge in [0.15, 0.2) is 5.78 Å². The van der Waals surface area contributed by atoms with Crippen molar-refractivity contribution in [3.05, 3.63) is 23.3 Å². The molecular formula is C31H54O3. The number of unbranched alkanes of at least 4 members (excludes halogenated alkanes) is 13. The van der Waals surface area contributed by atoms with Crippen molar-refractivity contribution < 1.29 is 14.3 Å². The number of rotatable bonds is 16. The lowest BCUT2D eigenvalue weighted by atomic mass is 9.68. The molecule has 0 aromatic heterocycles. The van der Waals surface area contributed by atoms with Crippen LogP contribution in [0.15, 0.2) is 23.3 Å². The second kappa shape index (κ2) is 15.6. The maximum absolute atomic E-state index is 13.0. The SMILES string of the molecule is CCCCCCCCCCCCCCCCOC(=O)C1=CC(C(C)(C)C)C(=O)C(C(C)(C)C)=C1. The minimum absolute atomic E-state index is 0.128. The van der Waals surface area contributed by atoms with Gasteiger partial charge in [0.25, 0.3) is 0 Å². The van der Waals surface area contributed by atoms with Crippen LogP contribution in [0.1, 0.15) is 138 Å². The van der Waals surface area contributed by atoms with Gasteiger partial charge in [-0.3, -0.25) is 4.79 Å². The van der Waals surface area contributed by atoms with Crippen molar-refractivity contribution in [2.75, 3.05) is 6.61 Å². The number of ether oxygens (including phenoxy) is 1. The lowest BCUT2D eigenvalue weighted by Gasteiger charge is -2.34. The molecule has 0 aliphatic heterocycles. The number of esters is 1. The van der Waals surface area contributed by atoms with Gasteiger partial charge in [-0.15, -0.1) is 0 Å². The number of carbonyl (C=O) groups excluding carboxylic acids is 2. The summed E-state index contributed by atoms with van der Waals surface area (Å²) in [5.41, 5.74) is 0.727. The zero-order valence-corrected chi connectivity index (χ0v) is 23.6. The number of hydrogen-bond donors (Lipinski definition) is 0. The van der Waals surface area contributed by atoms with Gasteiger partial charge < -0.3 is 4.74 Å². The summed E-state index contributed by atoms with van der Waals surface area (Å²) in [6.07, 6.45) is 21.9. The first-order valence-corrected chi connectivity index (χ1v) is 14.1. The van der Waals surface area contributed by atoms with Crippen LogP contribution in [0.2, 0.25) is 0 Å². The predicted molar refractivity (Wildman–Crippen MR) is 145 cm³/mol. The first kappa shape index (κ1) is 30.7. The second-order valence-corrected chi connectivity index (χ2v) is 12.4. The van der Waals surface area contributed by atoms with Gasteiger partial charge >= 0.3 is 5.97 Å². The maximum atomic E-state index is 13.0. The molecule has 0 N–H and O–H groups in total. The van der Waals surface area contributed by atoms with Crippen LogP contribution < -0.4 is 0 Å². The van der Waals surface area contributed by atoms with Crippen LogP contribution in [0.4, 0.5) is 0 Å². The Kier molecular flexibility index (Phi) is 14.0. The standard InChI is InChI=1S/C31H54O3/c1-8-9-10-11-12-13-14-15-16-17-18-19-20-21-22-34-29(33)25-23-26(30(2,3)4)28(32)27(24-25)31(5,6)7/h23-24,26H,8-22H2,1-7H3. The summed E-state index contributed by atoms with van der Waals surface area (Å²) >= 11 is 0. The Morgan fingerprint density at radius 2 is 1.21 bits per heavy atom. The monoisotopic (exact) mass is 474 g/mol. The van der Waals surface area contributed by atoms with E-state index in [1.165, 1.54) is 77.0 Å². The van der Waals surface area contributed by atoms with Gasteiger partial charge in [0, 0.05) is 11.5 Å². The van der Waals surface area contributed by atoms with E-state index in [1.807, 2.05) is 26.8 Å². The average Bonchev–Trinajstić information content (AvgIpc) is 2.74. The largest absolute Gasteiger partial charge is 0.462 e. The van der Waals surface area contributed by atoms with Crippen LogP contribution in [0.5, 0.6) is 0 Å². The highest BCUT2D eigenvalue weighted by atomic mass is 16.5. The summed E-state index contributed by atoms with van der Waals surface area (Å²) in [5.74, 6) is -0.461. The van der Waals surface area contributed by atoms with Crippen molar-refractivity contribution in [3.8, 4) is 0 Å². The van der Waals surface area contributed by atoms with E-state index < -0.39 is 0 Å². The highest BCUT2D eigenvalue weighted by Gasteiger charge is 2.38. The lowest BCUT2D eigenvalue weighted by molar-refractivity contribution is -0.138. The fourth-order valence-electron chi connectivity index (χ4n) is 4.60. The molecule has 1 unspecified atom stereocenters. The van der Waals surface area contributed by atoms with Gasteiger partial charge in [-0.2, -0.15) is 0 Å². The van der Waals surface area contributed by atoms with E-state index in [-0.39, 0.29) is 28.5 Å². The van der Waals surface area contributed by atoms with Crippen LogP contribution in [-0.4, -0.2) is 18.4 Å². The number of hydrogen-bond acceptors (Lipinski definition) is 3. The lowest BCUT2D eigenvalue weighted by Crippen LogP contribution is -2.35. The summed E-state index contributed by atoms with van der Waals surface area (Å²) in [4.78, 5) is 25.8. The van der Waals surface area contributed by atoms with Crippen LogP contribution in [0.3, 0.4) is 0 Å². The van der Waals surface area contributed by atoms with Crippen LogP contribution in [-0.2, 0) is 14.3 Å². The molecule has 0 fully saturated rings. The molecular weight excluding hydrogens is 420 g/mol. The summed E-state index contributed by atoms with van der Waals surface area (Å²) < 4.78 is 5.58. The van der Waals surface area contributed by atoms with Gasteiger partial charge in [-0.05, 0) is 23.3 Å². The molecule has 0 spiro atoms. The molecule has 3 heteroatoms. The Morgan fingerprint density at radius 3 is 1.62 bits per heavy atom. The van der Waals surface area contributed by atoms with Crippen LogP contribution in [0, 0.1) is 16.7 Å². The van der Waals surface area contributed by atoms with E-state index in [9.17, 15) is 9.59 Å². The molecule has 0 heterocycles. The summed E-state index contributed by atoms with van der Waals surface area (Å²) in [6.45, 7) is 15.0. The molecule has 0 radical (unpaired) electrons. The van der Waals surface area contributed by atoms with Gasteiger partial charge in [-0.1, -0.05) is 138 Å². The molecule has 1 aliphatic rings. The highest BCUT2D eigenvalue weighted by molar-refractivity contribution is 6.06. The average molecular weight is 475 g/mol. The van der Waals surface area contributed by atoms with Gasteiger partial charge in [0.1, 0.15) is 0 Å². The fraction of sp³-hybridized carbons (Fsp3) is 0.806. The zero-order chi connectivity index (χ0) is 25.6. The molecule has 196 valence electrons. The molecule has 3 nitrogen and oxygen atoms in total. The molecule has 1 aliphatic carbocycles. The van der Waals surface area contributed by atoms with E-state index in [0.717, 1.165) is 18.4 Å². The Balaban J connectivity index is 2.25. The number of carbonyl (C=O) groups is 2. The van der Waals surface area contributed by atoms with Gasteiger partial charge in [0.2, 0.25) is 0 Å². The third-order valence-electron chi connectivity index (χ3n) is 6.90. The Labute approximate surface area is 211 Å². The molecule has 0 saturated carbocycles. The van der Waals surface area contributed by atoms with Crippen molar-refractivity contribution >= 4 is 11.8 Å². The third kappa shape index (κ3) is 11.8.